The van der Waals surface area contributed by atoms with Crippen LogP contribution in [0.15, 0.2) is 22.7 Å². The van der Waals surface area contributed by atoms with Crippen molar-refractivity contribution in [1.82, 2.24) is 10.9 Å². The second-order valence-electron chi connectivity index (χ2n) is 8.52. The smallest absolute Gasteiger partial charge is 0.273 e. The lowest BCUT2D eigenvalue weighted by atomic mass is 9.49. The van der Waals surface area contributed by atoms with Crippen LogP contribution in [-0.4, -0.2) is 16.7 Å². The fraction of sp³-hybridized carbons (Fsp3) is 0.579. The van der Waals surface area contributed by atoms with E-state index in [1.54, 1.807) is 0 Å². The molecular formula is C19H22BrN3O4. The fourth-order valence-corrected chi connectivity index (χ4v) is 6.28. The summed E-state index contributed by atoms with van der Waals surface area (Å²) in [6.45, 7) is 0. The first-order chi connectivity index (χ1) is 12.8. The molecule has 0 aliphatic heterocycles. The Bertz CT molecular complexity index is 775. The van der Waals surface area contributed by atoms with Crippen molar-refractivity contribution in [1.29, 1.82) is 0 Å². The van der Waals surface area contributed by atoms with Gasteiger partial charge < -0.3 is 0 Å². The van der Waals surface area contributed by atoms with Crippen LogP contribution in [0.5, 0.6) is 0 Å². The van der Waals surface area contributed by atoms with E-state index in [0.29, 0.717) is 10.9 Å². The summed E-state index contributed by atoms with van der Waals surface area (Å²) in [4.78, 5) is 35.1. The van der Waals surface area contributed by atoms with Gasteiger partial charge in [0.1, 0.15) is 0 Å². The van der Waals surface area contributed by atoms with Crippen molar-refractivity contribution in [3.8, 4) is 0 Å². The maximum atomic E-state index is 12.5. The molecule has 7 nitrogen and oxygen atoms in total. The van der Waals surface area contributed by atoms with Crippen molar-refractivity contribution < 1.29 is 14.5 Å². The number of hydrogen-bond donors (Lipinski definition) is 2. The summed E-state index contributed by atoms with van der Waals surface area (Å²) < 4.78 is 0.301. The van der Waals surface area contributed by atoms with E-state index in [1.165, 1.54) is 37.5 Å². The number of nitrogens with zero attached hydrogens (tertiary/aromatic N) is 1. The lowest BCUT2D eigenvalue weighted by Crippen LogP contribution is -2.50. The first kappa shape index (κ1) is 18.4. The van der Waals surface area contributed by atoms with Crippen LogP contribution in [0.25, 0.3) is 0 Å². The molecule has 0 radical (unpaired) electrons. The van der Waals surface area contributed by atoms with Gasteiger partial charge in [0.15, 0.2) is 0 Å². The molecule has 0 saturated heterocycles. The molecule has 8 heteroatoms. The molecule has 0 heterocycles. The zero-order valence-corrected chi connectivity index (χ0v) is 16.5. The van der Waals surface area contributed by atoms with Crippen molar-refractivity contribution in [2.75, 3.05) is 0 Å². The summed E-state index contributed by atoms with van der Waals surface area (Å²) in [5.74, 6) is 1.55. The fourth-order valence-electron chi connectivity index (χ4n) is 5.88. The minimum atomic E-state index is -0.565. The molecule has 0 unspecified atom stereocenters. The first-order valence-electron chi connectivity index (χ1n) is 9.37. The van der Waals surface area contributed by atoms with Crippen LogP contribution in [0.3, 0.4) is 0 Å². The predicted molar refractivity (Wildman–Crippen MR) is 102 cm³/mol. The molecule has 0 atom stereocenters. The molecule has 0 spiro atoms. The molecule has 1 aromatic rings. The van der Waals surface area contributed by atoms with Gasteiger partial charge in [0.25, 0.3) is 11.6 Å². The second kappa shape index (κ2) is 6.89. The number of carbonyl (C=O) groups excluding carboxylic acids is 2. The van der Waals surface area contributed by atoms with Gasteiger partial charge in [-0.25, -0.2) is 0 Å². The number of hydrazine groups is 1. The average molecular weight is 436 g/mol. The van der Waals surface area contributed by atoms with Gasteiger partial charge in [-0.3, -0.25) is 30.6 Å². The number of carbonyl (C=O) groups is 2. The molecule has 4 bridgehead atoms. The number of nitro groups is 1. The van der Waals surface area contributed by atoms with Gasteiger partial charge in [0.2, 0.25) is 5.91 Å². The van der Waals surface area contributed by atoms with E-state index >= 15 is 0 Å². The van der Waals surface area contributed by atoms with Crippen molar-refractivity contribution in [3.63, 3.8) is 0 Å². The van der Waals surface area contributed by atoms with Gasteiger partial charge in [0.05, 0.1) is 9.40 Å². The van der Waals surface area contributed by atoms with Crippen LogP contribution in [-0.2, 0) is 4.79 Å². The van der Waals surface area contributed by atoms with Gasteiger partial charge in [-0.1, -0.05) is 0 Å². The third-order valence-corrected chi connectivity index (χ3v) is 7.09. The van der Waals surface area contributed by atoms with Gasteiger partial charge >= 0.3 is 0 Å². The monoisotopic (exact) mass is 435 g/mol. The number of rotatable bonds is 4. The largest absolute Gasteiger partial charge is 0.284 e. The second-order valence-corrected chi connectivity index (χ2v) is 9.37. The van der Waals surface area contributed by atoms with E-state index in [9.17, 15) is 19.7 Å². The van der Waals surface area contributed by atoms with Crippen LogP contribution in [0.2, 0.25) is 0 Å². The minimum absolute atomic E-state index is 0.0972. The quantitative estimate of drug-likeness (QED) is 0.555. The molecule has 4 saturated carbocycles. The molecule has 1 aromatic carbocycles. The highest BCUT2D eigenvalue weighted by molar-refractivity contribution is 9.10. The summed E-state index contributed by atoms with van der Waals surface area (Å²) in [6, 6.07) is 4.10. The van der Waals surface area contributed by atoms with E-state index in [-0.39, 0.29) is 22.6 Å². The summed E-state index contributed by atoms with van der Waals surface area (Å²) >= 11 is 3.09. The van der Waals surface area contributed by atoms with Crippen molar-refractivity contribution in [2.24, 2.45) is 23.2 Å². The number of nitro benzene ring substituents is 1. The predicted octanol–water partition coefficient (Wildman–Crippen LogP) is 3.72. The molecular weight excluding hydrogens is 414 g/mol. The number of nitrogens with one attached hydrogen (secondary N) is 2. The summed E-state index contributed by atoms with van der Waals surface area (Å²) in [5, 5.41) is 11.0. The molecule has 27 heavy (non-hydrogen) atoms. The highest BCUT2D eigenvalue weighted by atomic mass is 79.9. The highest BCUT2D eigenvalue weighted by Crippen LogP contribution is 2.61. The molecule has 144 valence electrons. The Morgan fingerprint density at radius 3 is 2.26 bits per heavy atom. The molecule has 2 amide bonds. The van der Waals surface area contributed by atoms with Crippen molar-refractivity contribution >= 4 is 33.4 Å². The zero-order chi connectivity index (χ0) is 19.2. The van der Waals surface area contributed by atoms with Crippen LogP contribution < -0.4 is 10.9 Å². The van der Waals surface area contributed by atoms with Crippen LogP contribution in [0.4, 0.5) is 5.69 Å². The standard InChI is InChI=1S/C19H22BrN3O4/c20-15-2-1-14(6-16(15)23(26)27)18(25)22-21-17(24)10-19-7-11-3-12(8-19)5-13(4-11)9-19/h1-2,6,11-13H,3-5,7-10H2,(H,21,24)(H,22,25). The molecule has 4 aliphatic rings. The topological polar surface area (TPSA) is 101 Å². The lowest BCUT2D eigenvalue weighted by molar-refractivity contribution is -0.385. The zero-order valence-electron chi connectivity index (χ0n) is 14.9. The Hall–Kier alpha value is -1.96. The minimum Gasteiger partial charge on any atom is -0.273 e. The Kier molecular flexibility index (Phi) is 4.70. The molecule has 2 N–H and O–H groups in total. The van der Waals surface area contributed by atoms with Gasteiger partial charge in [-0.2, -0.15) is 0 Å². The Balaban J connectivity index is 1.35. The lowest BCUT2D eigenvalue weighted by Gasteiger charge is -2.56. The third kappa shape index (κ3) is 3.72. The van der Waals surface area contributed by atoms with Crippen LogP contribution in [0.1, 0.15) is 55.3 Å². The average Bonchev–Trinajstić information content (AvgIpc) is 2.58. The van der Waals surface area contributed by atoms with E-state index in [0.717, 1.165) is 37.0 Å². The third-order valence-electron chi connectivity index (χ3n) is 6.42. The van der Waals surface area contributed by atoms with E-state index < -0.39 is 10.8 Å². The van der Waals surface area contributed by atoms with E-state index in [2.05, 4.69) is 26.8 Å². The molecule has 5 rings (SSSR count). The van der Waals surface area contributed by atoms with Crippen molar-refractivity contribution in [2.45, 2.75) is 44.9 Å². The van der Waals surface area contributed by atoms with E-state index in [1.807, 2.05) is 0 Å². The number of hydrogen-bond acceptors (Lipinski definition) is 4. The maximum Gasteiger partial charge on any atom is 0.284 e. The van der Waals surface area contributed by atoms with Gasteiger partial charge in [-0.05, 0) is 89.8 Å². The Labute approximate surface area is 165 Å². The number of benzene rings is 1. The summed E-state index contributed by atoms with van der Waals surface area (Å²) in [5.41, 5.74) is 4.92. The molecule has 0 aromatic heterocycles. The summed E-state index contributed by atoms with van der Waals surface area (Å²) in [7, 11) is 0. The molecule has 4 fully saturated rings. The Morgan fingerprint density at radius 2 is 1.70 bits per heavy atom. The Morgan fingerprint density at radius 1 is 1.11 bits per heavy atom. The van der Waals surface area contributed by atoms with Crippen LogP contribution in [0, 0.1) is 33.3 Å². The van der Waals surface area contributed by atoms with Crippen molar-refractivity contribution in [3.05, 3.63) is 38.3 Å². The normalized spacial score (nSPS) is 30.8. The maximum absolute atomic E-state index is 12.5. The molecule has 4 aliphatic carbocycles. The van der Waals surface area contributed by atoms with Gasteiger partial charge in [-0.15, -0.1) is 0 Å². The number of amides is 2. The SMILES string of the molecule is O=C(CC12CC3CC(CC(C3)C1)C2)NNC(=O)c1ccc(Br)c([N+](=O)[O-])c1. The first-order valence-corrected chi connectivity index (χ1v) is 10.2. The van der Waals surface area contributed by atoms with E-state index in [4.69, 9.17) is 0 Å². The van der Waals surface area contributed by atoms with Gasteiger partial charge in [0, 0.05) is 18.1 Å². The van der Waals surface area contributed by atoms with Crippen LogP contribution >= 0.6 is 15.9 Å². The highest BCUT2D eigenvalue weighted by Gasteiger charge is 2.51. The summed E-state index contributed by atoms with van der Waals surface area (Å²) in [6.07, 6.45) is 7.77. The number of halogens is 1.